The minimum Gasteiger partial charge on any atom is -0.453 e. The zero-order valence-electron chi connectivity index (χ0n) is 35.7. The Labute approximate surface area is 357 Å². The number of benzene rings is 3. The van der Waals surface area contributed by atoms with Crippen molar-refractivity contribution in [3.8, 4) is 22.5 Å². The first kappa shape index (κ1) is 40.6. The molecule has 4 atom stereocenters. The average Bonchev–Trinajstić information content (AvgIpc) is 4.12. The third kappa shape index (κ3) is 7.47. The highest BCUT2D eigenvalue weighted by Crippen LogP contribution is 2.37. The van der Waals surface area contributed by atoms with Crippen LogP contribution in [0, 0.1) is 11.8 Å². The van der Waals surface area contributed by atoms with Crippen molar-refractivity contribution in [1.29, 1.82) is 0 Å². The van der Waals surface area contributed by atoms with Crippen LogP contribution in [0.1, 0.15) is 77.1 Å². The van der Waals surface area contributed by atoms with E-state index in [1.165, 1.54) is 14.2 Å². The molecular formula is C46H52N10O6. The summed E-state index contributed by atoms with van der Waals surface area (Å²) in [6.07, 6.45) is 1.99. The van der Waals surface area contributed by atoms with Gasteiger partial charge in [-0.3, -0.25) is 9.59 Å². The van der Waals surface area contributed by atoms with Gasteiger partial charge in [-0.1, -0.05) is 39.8 Å². The first-order valence-electron chi connectivity index (χ1n) is 21.3. The van der Waals surface area contributed by atoms with Gasteiger partial charge in [-0.15, -0.1) is 0 Å². The van der Waals surface area contributed by atoms with E-state index >= 15 is 0 Å². The lowest BCUT2D eigenvalue weighted by Gasteiger charge is -2.29. The van der Waals surface area contributed by atoms with Crippen molar-refractivity contribution in [2.45, 2.75) is 77.5 Å². The molecule has 322 valence electrons. The van der Waals surface area contributed by atoms with Crippen LogP contribution in [0.25, 0.3) is 66.4 Å². The molecule has 0 radical (unpaired) electrons. The van der Waals surface area contributed by atoms with E-state index in [9.17, 15) is 19.2 Å². The fourth-order valence-electron chi connectivity index (χ4n) is 9.17. The van der Waals surface area contributed by atoms with Gasteiger partial charge in [-0.05, 0) is 86.1 Å². The number of hydrogen-bond donors (Lipinski definition) is 6. The summed E-state index contributed by atoms with van der Waals surface area (Å²) in [6.45, 7) is 8.80. The van der Waals surface area contributed by atoms with Crippen LogP contribution >= 0.6 is 0 Å². The fraction of sp³-hybridized carbons (Fsp3) is 0.391. The first-order valence-corrected chi connectivity index (χ1v) is 21.3. The van der Waals surface area contributed by atoms with Crippen molar-refractivity contribution in [1.82, 2.24) is 50.3 Å². The largest absolute Gasteiger partial charge is 0.453 e. The molecule has 2 aliphatic rings. The maximum absolute atomic E-state index is 13.7. The predicted octanol–water partition coefficient (Wildman–Crippen LogP) is 7.82. The number of methoxy groups -OCH3 is 2. The summed E-state index contributed by atoms with van der Waals surface area (Å²) in [5, 5.41) is 7.56. The second kappa shape index (κ2) is 16.2. The molecular weight excluding hydrogens is 789 g/mol. The summed E-state index contributed by atoms with van der Waals surface area (Å²) in [4.78, 5) is 79.1. The standard InChI is InChI=1S/C46H52N10O6/c1-23(2)39(53-45(59)61-5)43(57)55-15-7-9-37(55)41-49-29-13-11-25(17-35(29)51-41)31-19-27-21-34-28(22-33(27)47-31)20-32(48-34)26-12-14-30-36(18-26)52-42(50-30)38-10-8-16-56(38)44(58)40(24(3)4)54-46(60)62-6/h11-14,17-24,37-40,47-48H,7-10,15-16H2,1-6H3,(H,49,51)(H,50,52)(H,53,59)(H,54,60)/t37?,38?,39-,40+. The van der Waals surface area contributed by atoms with Gasteiger partial charge in [0.05, 0.1) is 48.4 Å². The number of carbonyl (C=O) groups excluding carboxylic acids is 4. The summed E-state index contributed by atoms with van der Waals surface area (Å²) < 4.78 is 9.57. The van der Waals surface area contributed by atoms with E-state index in [0.29, 0.717) is 13.1 Å². The Hall–Kier alpha value is -6.84. The molecule has 6 heterocycles. The van der Waals surface area contributed by atoms with Crippen LogP contribution < -0.4 is 10.6 Å². The van der Waals surface area contributed by atoms with Gasteiger partial charge in [0.1, 0.15) is 23.7 Å². The van der Waals surface area contributed by atoms with Crippen LogP contribution in [-0.4, -0.2) is 103 Å². The molecule has 6 N–H and O–H groups in total. The normalized spacial score (nSPS) is 17.8. The number of imidazole rings is 2. The van der Waals surface area contributed by atoms with Gasteiger partial charge < -0.3 is 49.8 Å². The Balaban J connectivity index is 0.929. The number of alkyl carbamates (subject to hydrolysis) is 2. The molecule has 2 saturated heterocycles. The minimum absolute atomic E-state index is 0.112. The van der Waals surface area contributed by atoms with Crippen molar-refractivity contribution < 1.29 is 28.7 Å². The Kier molecular flexibility index (Phi) is 10.6. The SMILES string of the molecule is COC(=O)N[C@H](C(=O)N1CCCC1c1nc2ccc(-c3cc4cc5[nH]c(-c6ccc7nc(C8CCCN8C(=O)[C@H](NC(=O)OC)C(C)C)[nH]c7c6)cc5cc4[nH]3)cc2[nH]1)C(C)C. The van der Waals surface area contributed by atoms with E-state index in [0.717, 1.165) is 104 Å². The average molecular weight is 841 g/mol. The fourth-order valence-corrected chi connectivity index (χ4v) is 9.17. The number of carbonyl (C=O) groups is 4. The van der Waals surface area contributed by atoms with Crippen LogP contribution in [0.5, 0.6) is 0 Å². The maximum Gasteiger partial charge on any atom is 0.407 e. The molecule has 16 heteroatoms. The van der Waals surface area contributed by atoms with Crippen LogP contribution in [0.15, 0.2) is 60.7 Å². The van der Waals surface area contributed by atoms with Crippen molar-refractivity contribution in [2.24, 2.45) is 11.8 Å². The number of hydrogen-bond acceptors (Lipinski definition) is 8. The highest BCUT2D eigenvalue weighted by Gasteiger charge is 2.39. The lowest BCUT2D eigenvalue weighted by atomic mass is 10.0. The second-order valence-electron chi connectivity index (χ2n) is 17.2. The summed E-state index contributed by atoms with van der Waals surface area (Å²) in [5.74, 6) is 0.961. The monoisotopic (exact) mass is 840 g/mol. The number of likely N-dealkylation sites (tertiary alicyclic amines) is 2. The van der Waals surface area contributed by atoms with Gasteiger partial charge in [0.15, 0.2) is 0 Å². The van der Waals surface area contributed by atoms with Gasteiger partial charge in [0, 0.05) is 57.4 Å². The van der Waals surface area contributed by atoms with Crippen molar-refractivity contribution >= 4 is 67.9 Å². The van der Waals surface area contributed by atoms with E-state index in [1.807, 2.05) is 49.6 Å². The van der Waals surface area contributed by atoms with E-state index in [1.54, 1.807) is 0 Å². The smallest absolute Gasteiger partial charge is 0.407 e. The lowest BCUT2D eigenvalue weighted by molar-refractivity contribution is -0.136. The third-order valence-electron chi connectivity index (χ3n) is 12.5. The number of aromatic nitrogens is 6. The van der Waals surface area contributed by atoms with Crippen LogP contribution in [0.2, 0.25) is 0 Å². The van der Waals surface area contributed by atoms with Crippen LogP contribution in [-0.2, 0) is 19.1 Å². The molecule has 2 unspecified atom stereocenters. The summed E-state index contributed by atoms with van der Waals surface area (Å²) >= 11 is 0. The Morgan fingerprint density at radius 3 is 1.40 bits per heavy atom. The summed E-state index contributed by atoms with van der Waals surface area (Å²) in [7, 11) is 2.59. The molecule has 9 rings (SSSR count). The number of fused-ring (bicyclic) bond motifs is 4. The topological polar surface area (TPSA) is 206 Å². The predicted molar refractivity (Wildman–Crippen MR) is 236 cm³/mol. The summed E-state index contributed by atoms with van der Waals surface area (Å²) in [5.41, 5.74) is 9.36. The highest BCUT2D eigenvalue weighted by atomic mass is 16.5. The van der Waals surface area contributed by atoms with Crippen LogP contribution in [0.3, 0.4) is 0 Å². The highest BCUT2D eigenvalue weighted by molar-refractivity contribution is 6.00. The Bertz CT molecular complexity index is 2610. The zero-order valence-corrected chi connectivity index (χ0v) is 35.7. The molecule has 2 fully saturated rings. The van der Waals surface area contributed by atoms with Gasteiger partial charge >= 0.3 is 12.2 Å². The Morgan fingerprint density at radius 2 is 1.02 bits per heavy atom. The molecule has 16 nitrogen and oxygen atoms in total. The molecule has 3 aromatic carbocycles. The lowest BCUT2D eigenvalue weighted by Crippen LogP contribution is -2.51. The number of H-pyrrole nitrogens is 4. The van der Waals surface area contributed by atoms with E-state index < -0.39 is 24.3 Å². The third-order valence-corrected chi connectivity index (χ3v) is 12.5. The maximum atomic E-state index is 13.7. The van der Waals surface area contributed by atoms with E-state index in [4.69, 9.17) is 19.4 Å². The van der Waals surface area contributed by atoms with Gasteiger partial charge in [-0.25, -0.2) is 19.6 Å². The molecule has 4 aromatic heterocycles. The zero-order chi connectivity index (χ0) is 43.4. The molecule has 0 aliphatic carbocycles. The number of nitrogens with one attached hydrogen (secondary N) is 6. The number of nitrogens with zero attached hydrogens (tertiary/aromatic N) is 4. The first-order chi connectivity index (χ1) is 29.9. The number of ether oxygens (including phenoxy) is 2. The van der Waals surface area contributed by atoms with Gasteiger partial charge in [0.2, 0.25) is 11.8 Å². The summed E-state index contributed by atoms with van der Waals surface area (Å²) in [6, 6.07) is 19.1. The van der Waals surface area contributed by atoms with Gasteiger partial charge in [-0.2, -0.15) is 0 Å². The molecule has 0 bridgehead atoms. The molecule has 2 aliphatic heterocycles. The van der Waals surface area contributed by atoms with E-state index in [-0.39, 0.29) is 35.7 Å². The van der Waals surface area contributed by atoms with Gasteiger partial charge in [0.25, 0.3) is 0 Å². The quantitative estimate of drug-likeness (QED) is 0.0799. The Morgan fingerprint density at radius 1 is 0.597 bits per heavy atom. The number of rotatable bonds is 10. The molecule has 7 aromatic rings. The molecule has 62 heavy (non-hydrogen) atoms. The number of aromatic amines is 4. The van der Waals surface area contributed by atoms with Crippen molar-refractivity contribution in [3.05, 3.63) is 72.3 Å². The second-order valence-corrected chi connectivity index (χ2v) is 17.2. The number of amides is 4. The van der Waals surface area contributed by atoms with Crippen molar-refractivity contribution in [3.63, 3.8) is 0 Å². The molecule has 0 saturated carbocycles. The molecule has 4 amide bonds. The van der Waals surface area contributed by atoms with E-state index in [2.05, 4.69) is 79.1 Å². The molecule has 0 spiro atoms. The van der Waals surface area contributed by atoms with Crippen molar-refractivity contribution in [2.75, 3.05) is 27.3 Å². The van der Waals surface area contributed by atoms with Crippen LogP contribution in [0.4, 0.5) is 9.59 Å². The minimum atomic E-state index is -0.696.